The molecule has 0 aliphatic carbocycles. The smallest absolute Gasteiger partial charge is 0.151 e. The Kier molecular flexibility index (Phi) is 4.03. The predicted molar refractivity (Wildman–Crippen MR) is 119 cm³/mol. The maximum absolute atomic E-state index is 13.7. The van der Waals surface area contributed by atoms with E-state index in [4.69, 9.17) is 14.8 Å². The van der Waals surface area contributed by atoms with Crippen molar-refractivity contribution in [1.82, 2.24) is 9.78 Å². The molecular formula is C26H20FN3O. The van der Waals surface area contributed by atoms with Gasteiger partial charge in [-0.25, -0.2) is 14.1 Å². The Morgan fingerprint density at radius 2 is 1.74 bits per heavy atom. The molecule has 0 bridgehead atoms. The minimum atomic E-state index is -0.250. The Balaban J connectivity index is 1.55. The Bertz CT molecular complexity index is 1310. The lowest BCUT2D eigenvalue weighted by molar-refractivity contribution is 0.235. The van der Waals surface area contributed by atoms with Crippen molar-refractivity contribution in [3.63, 3.8) is 0 Å². The monoisotopic (exact) mass is 409 g/mol. The topological polar surface area (TPSA) is 39.4 Å². The molecule has 0 spiro atoms. The predicted octanol–water partition coefficient (Wildman–Crippen LogP) is 5.73. The van der Waals surface area contributed by atoms with Gasteiger partial charge >= 0.3 is 0 Å². The zero-order chi connectivity index (χ0) is 20.9. The minimum Gasteiger partial charge on any atom is -0.492 e. The number of fused-ring (bicyclic) bond motifs is 4. The summed E-state index contributed by atoms with van der Waals surface area (Å²) in [6.07, 6.45) is 0. The van der Waals surface area contributed by atoms with Crippen molar-refractivity contribution in [3.05, 3.63) is 101 Å². The molecule has 1 aromatic heterocycles. The first-order valence-electron chi connectivity index (χ1n) is 10.4. The van der Waals surface area contributed by atoms with Gasteiger partial charge in [0.15, 0.2) is 5.82 Å². The van der Waals surface area contributed by atoms with Crippen molar-refractivity contribution in [2.45, 2.75) is 13.0 Å². The van der Waals surface area contributed by atoms with E-state index in [1.54, 1.807) is 0 Å². The van der Waals surface area contributed by atoms with Crippen LogP contribution in [0.15, 0.2) is 83.9 Å². The van der Waals surface area contributed by atoms with Crippen LogP contribution in [0.25, 0.3) is 11.3 Å². The maximum Gasteiger partial charge on any atom is 0.151 e. The number of halogens is 1. The molecule has 2 aliphatic heterocycles. The van der Waals surface area contributed by atoms with Crippen LogP contribution in [0.5, 0.6) is 5.75 Å². The first-order valence-corrected chi connectivity index (χ1v) is 10.4. The van der Waals surface area contributed by atoms with E-state index >= 15 is 0 Å². The highest BCUT2D eigenvalue weighted by Gasteiger charge is 2.40. The molecule has 0 saturated heterocycles. The standard InChI is InChI=1S/C26H20FN3O/c1-16-6-8-17(9-7-16)22-14-24-28-25-20-4-2-3-5-23(20)31-15-21(25)26(30(24)29-22)18-10-12-19(27)13-11-18/h2-14,21,26H,15H2,1H3. The molecule has 0 saturated carbocycles. The number of para-hydroxylation sites is 1. The number of nitrogens with zero attached hydrogens (tertiary/aromatic N) is 3. The first kappa shape index (κ1) is 18.1. The van der Waals surface area contributed by atoms with Crippen LogP contribution in [-0.2, 0) is 0 Å². The molecule has 31 heavy (non-hydrogen) atoms. The van der Waals surface area contributed by atoms with E-state index in [9.17, 15) is 4.39 Å². The number of aryl methyl sites for hydroxylation is 1. The molecule has 2 atom stereocenters. The van der Waals surface area contributed by atoms with Crippen molar-refractivity contribution in [2.75, 3.05) is 6.61 Å². The molecule has 3 heterocycles. The van der Waals surface area contributed by atoms with Gasteiger partial charge in [0.05, 0.1) is 30.0 Å². The Labute approximate surface area is 179 Å². The summed E-state index contributed by atoms with van der Waals surface area (Å²) in [4.78, 5) is 5.03. The quantitative estimate of drug-likeness (QED) is 0.424. The van der Waals surface area contributed by atoms with Crippen LogP contribution in [0.3, 0.4) is 0 Å². The lowest BCUT2D eigenvalue weighted by Crippen LogP contribution is -2.38. The first-order chi connectivity index (χ1) is 15.2. The number of ether oxygens (including phenoxy) is 1. The molecule has 0 radical (unpaired) electrons. The molecular weight excluding hydrogens is 389 g/mol. The van der Waals surface area contributed by atoms with Gasteiger partial charge in [-0.05, 0) is 36.8 Å². The zero-order valence-corrected chi connectivity index (χ0v) is 17.0. The summed E-state index contributed by atoms with van der Waals surface area (Å²) in [7, 11) is 0. The van der Waals surface area contributed by atoms with Crippen molar-refractivity contribution >= 4 is 11.5 Å². The average Bonchev–Trinajstić information content (AvgIpc) is 3.22. The summed E-state index contributed by atoms with van der Waals surface area (Å²) in [6, 6.07) is 24.9. The number of aromatic nitrogens is 2. The van der Waals surface area contributed by atoms with Crippen molar-refractivity contribution in [3.8, 4) is 17.0 Å². The summed E-state index contributed by atoms with van der Waals surface area (Å²) in [5.74, 6) is 1.38. The highest BCUT2D eigenvalue weighted by molar-refractivity contribution is 6.07. The van der Waals surface area contributed by atoms with E-state index < -0.39 is 0 Å². The summed E-state index contributed by atoms with van der Waals surface area (Å²) in [5, 5.41) is 4.94. The fraction of sp³-hybridized carbons (Fsp3) is 0.154. The molecule has 3 aromatic carbocycles. The second-order valence-electron chi connectivity index (χ2n) is 8.11. The SMILES string of the molecule is Cc1ccc(-c2cc3n(n2)C(c2ccc(F)cc2)C2COc4ccccc4C2=N3)cc1. The molecule has 0 fully saturated rings. The molecule has 152 valence electrons. The second-order valence-corrected chi connectivity index (χ2v) is 8.11. The normalized spacial score (nSPS) is 19.0. The highest BCUT2D eigenvalue weighted by Crippen LogP contribution is 2.43. The third-order valence-corrected chi connectivity index (χ3v) is 6.09. The van der Waals surface area contributed by atoms with Crippen LogP contribution < -0.4 is 4.74 Å². The number of rotatable bonds is 2. The van der Waals surface area contributed by atoms with E-state index in [1.807, 2.05) is 41.1 Å². The Morgan fingerprint density at radius 3 is 2.55 bits per heavy atom. The van der Waals surface area contributed by atoms with Crippen LogP contribution >= 0.6 is 0 Å². The van der Waals surface area contributed by atoms with Crippen LogP contribution in [0.1, 0.15) is 22.7 Å². The van der Waals surface area contributed by atoms with Gasteiger partial charge in [0.1, 0.15) is 11.6 Å². The fourth-order valence-electron chi connectivity index (χ4n) is 4.51. The molecule has 4 nitrogen and oxygen atoms in total. The second kappa shape index (κ2) is 6.91. The van der Waals surface area contributed by atoms with Crippen molar-refractivity contribution in [1.29, 1.82) is 0 Å². The van der Waals surface area contributed by atoms with Crippen LogP contribution in [0.4, 0.5) is 10.2 Å². The average molecular weight is 409 g/mol. The summed E-state index contributed by atoms with van der Waals surface area (Å²) in [5.41, 5.74) is 6.12. The van der Waals surface area contributed by atoms with Gasteiger partial charge < -0.3 is 4.74 Å². The Hall–Kier alpha value is -3.73. The molecule has 0 amide bonds. The third kappa shape index (κ3) is 2.96. The fourth-order valence-corrected chi connectivity index (χ4v) is 4.51. The minimum absolute atomic E-state index is 0.0152. The molecule has 6 rings (SSSR count). The summed E-state index contributed by atoms with van der Waals surface area (Å²) >= 11 is 0. The van der Waals surface area contributed by atoms with Gasteiger partial charge in [0.25, 0.3) is 0 Å². The van der Waals surface area contributed by atoms with Crippen LogP contribution in [-0.4, -0.2) is 22.1 Å². The third-order valence-electron chi connectivity index (χ3n) is 6.09. The van der Waals surface area contributed by atoms with E-state index in [2.05, 4.69) is 37.3 Å². The largest absolute Gasteiger partial charge is 0.492 e. The maximum atomic E-state index is 13.7. The van der Waals surface area contributed by atoms with Gasteiger partial charge in [0, 0.05) is 17.2 Å². The van der Waals surface area contributed by atoms with Gasteiger partial charge in [0.2, 0.25) is 0 Å². The molecule has 4 aromatic rings. The van der Waals surface area contributed by atoms with Crippen LogP contribution in [0.2, 0.25) is 0 Å². The lowest BCUT2D eigenvalue weighted by Gasteiger charge is -2.36. The summed E-state index contributed by atoms with van der Waals surface area (Å²) in [6.45, 7) is 2.57. The lowest BCUT2D eigenvalue weighted by atomic mass is 9.83. The summed E-state index contributed by atoms with van der Waals surface area (Å²) < 4.78 is 21.7. The number of aliphatic imine (C=N–C) groups is 1. The molecule has 2 aliphatic rings. The number of hydrogen-bond acceptors (Lipinski definition) is 3. The molecule has 2 unspecified atom stereocenters. The van der Waals surface area contributed by atoms with Gasteiger partial charge in [-0.1, -0.05) is 54.1 Å². The highest BCUT2D eigenvalue weighted by atomic mass is 19.1. The van der Waals surface area contributed by atoms with Crippen molar-refractivity contribution in [2.24, 2.45) is 10.9 Å². The van der Waals surface area contributed by atoms with E-state index in [0.29, 0.717) is 6.61 Å². The molecule has 0 N–H and O–H groups in total. The van der Waals surface area contributed by atoms with Gasteiger partial charge in [-0.2, -0.15) is 5.10 Å². The number of hydrogen-bond donors (Lipinski definition) is 0. The van der Waals surface area contributed by atoms with Gasteiger partial charge in [-0.15, -0.1) is 0 Å². The zero-order valence-electron chi connectivity index (χ0n) is 17.0. The molecule has 5 heteroatoms. The van der Waals surface area contributed by atoms with E-state index in [0.717, 1.165) is 39.7 Å². The van der Waals surface area contributed by atoms with E-state index in [-0.39, 0.29) is 17.8 Å². The van der Waals surface area contributed by atoms with Gasteiger partial charge in [-0.3, -0.25) is 0 Å². The van der Waals surface area contributed by atoms with Crippen LogP contribution in [0, 0.1) is 18.7 Å². The number of benzene rings is 3. The van der Waals surface area contributed by atoms with Crippen molar-refractivity contribution < 1.29 is 9.13 Å². The Morgan fingerprint density at radius 1 is 0.968 bits per heavy atom. The van der Waals surface area contributed by atoms with E-state index in [1.165, 1.54) is 17.7 Å².